The fraction of sp³-hybridized carbons (Fsp3) is 0.0952. The Morgan fingerprint density at radius 2 is 2.00 bits per heavy atom. The minimum absolute atomic E-state index is 0.117. The van der Waals surface area contributed by atoms with Crippen molar-refractivity contribution in [2.75, 3.05) is 11.9 Å². The number of thiophene rings is 1. The summed E-state index contributed by atoms with van der Waals surface area (Å²) in [6.07, 6.45) is 1.67. The largest absolute Gasteiger partial charge is 0.367 e. The van der Waals surface area contributed by atoms with E-state index in [0.717, 1.165) is 15.8 Å². The van der Waals surface area contributed by atoms with Crippen LogP contribution in [0.15, 0.2) is 60.1 Å². The van der Waals surface area contributed by atoms with Gasteiger partial charge in [-0.05, 0) is 41.3 Å². The Bertz CT molecular complexity index is 1180. The number of pyridine rings is 1. The highest BCUT2D eigenvalue weighted by atomic mass is 32.1. The molecule has 0 spiro atoms. The number of amides is 1. The lowest BCUT2D eigenvalue weighted by atomic mass is 10.2. The first-order valence-electron chi connectivity index (χ1n) is 8.76. The fourth-order valence-corrected chi connectivity index (χ4v) is 3.43. The summed E-state index contributed by atoms with van der Waals surface area (Å²) in [5.74, 6) is 0.579. The number of ether oxygens (including phenoxy) is 1. The smallest absolute Gasteiger partial charge is 0.251 e. The van der Waals surface area contributed by atoms with Gasteiger partial charge in [0.2, 0.25) is 0 Å². The van der Waals surface area contributed by atoms with Crippen molar-refractivity contribution in [3.05, 3.63) is 71.2 Å². The van der Waals surface area contributed by atoms with Gasteiger partial charge in [-0.15, -0.1) is 11.3 Å². The summed E-state index contributed by atoms with van der Waals surface area (Å²) in [7, 11) is 0. The van der Waals surface area contributed by atoms with Crippen LogP contribution in [0.1, 0.15) is 11.1 Å². The van der Waals surface area contributed by atoms with Gasteiger partial charge >= 0.3 is 0 Å². The lowest BCUT2D eigenvalue weighted by Crippen LogP contribution is -2.19. The number of hydrogen-bond acceptors (Lipinski definition) is 7. The molecular weight excluding hydrogens is 386 g/mol. The number of aromatic nitrogens is 3. The third-order valence-corrected chi connectivity index (χ3v) is 4.87. The first kappa shape index (κ1) is 18.7. The number of carbonyl (C=O) groups is 1. The maximum atomic E-state index is 12.4. The Balaban J connectivity index is 1.44. The average molecular weight is 401 g/mol. The molecule has 4 rings (SSSR count). The number of nitriles is 1. The SMILES string of the molecule is N#Cc1ccc(COCC(=O)Nc2nc(-c3ccccn3)nc3sccc23)cc1. The molecule has 4 aromatic rings. The van der Waals surface area contributed by atoms with Crippen LogP contribution in [0.2, 0.25) is 0 Å². The molecule has 0 aliphatic heterocycles. The summed E-state index contributed by atoms with van der Waals surface area (Å²) in [5.41, 5.74) is 2.10. The van der Waals surface area contributed by atoms with Crippen molar-refractivity contribution in [1.29, 1.82) is 5.26 Å². The zero-order valence-electron chi connectivity index (χ0n) is 15.2. The van der Waals surface area contributed by atoms with Gasteiger partial charge in [-0.2, -0.15) is 5.26 Å². The second kappa shape index (κ2) is 8.56. The first-order valence-corrected chi connectivity index (χ1v) is 9.64. The predicted molar refractivity (Wildman–Crippen MR) is 110 cm³/mol. The Morgan fingerprint density at radius 3 is 2.76 bits per heavy atom. The van der Waals surface area contributed by atoms with E-state index < -0.39 is 0 Å². The standard InChI is InChI=1S/C21H15N5O2S/c22-11-14-4-6-15(7-5-14)12-28-13-18(27)24-19-16-8-10-29-21(16)26-20(25-19)17-3-1-2-9-23-17/h1-10H,12-13H2,(H,24,25,26,27). The van der Waals surface area contributed by atoms with Crippen LogP contribution in [0.4, 0.5) is 5.82 Å². The van der Waals surface area contributed by atoms with E-state index in [4.69, 9.17) is 10.00 Å². The molecule has 0 saturated carbocycles. The van der Waals surface area contributed by atoms with Crippen LogP contribution in [-0.2, 0) is 16.1 Å². The van der Waals surface area contributed by atoms with Crippen molar-refractivity contribution >= 4 is 33.3 Å². The molecule has 1 amide bonds. The monoisotopic (exact) mass is 401 g/mol. The Morgan fingerprint density at radius 1 is 1.14 bits per heavy atom. The van der Waals surface area contributed by atoms with Crippen molar-refractivity contribution < 1.29 is 9.53 Å². The molecule has 0 fully saturated rings. The molecule has 3 aromatic heterocycles. The van der Waals surface area contributed by atoms with Crippen molar-refractivity contribution in [1.82, 2.24) is 15.0 Å². The van der Waals surface area contributed by atoms with Crippen LogP contribution in [0.5, 0.6) is 0 Å². The number of nitrogens with one attached hydrogen (secondary N) is 1. The average Bonchev–Trinajstić information content (AvgIpc) is 3.24. The molecule has 0 radical (unpaired) electrons. The van der Waals surface area contributed by atoms with Gasteiger partial charge in [0, 0.05) is 6.20 Å². The van der Waals surface area contributed by atoms with E-state index in [9.17, 15) is 4.79 Å². The third-order valence-electron chi connectivity index (χ3n) is 4.06. The summed E-state index contributed by atoms with van der Waals surface area (Å²) in [4.78, 5) is 26.4. The van der Waals surface area contributed by atoms with E-state index in [2.05, 4.69) is 26.3 Å². The van der Waals surface area contributed by atoms with E-state index in [1.165, 1.54) is 11.3 Å². The first-order chi connectivity index (χ1) is 14.2. The summed E-state index contributed by atoms with van der Waals surface area (Å²) in [6, 6.07) is 16.5. The van der Waals surface area contributed by atoms with Crippen LogP contribution >= 0.6 is 11.3 Å². The normalized spacial score (nSPS) is 10.6. The summed E-state index contributed by atoms with van der Waals surface area (Å²) >= 11 is 1.47. The minimum Gasteiger partial charge on any atom is -0.367 e. The van der Waals surface area contributed by atoms with Gasteiger partial charge in [-0.3, -0.25) is 9.78 Å². The van der Waals surface area contributed by atoms with Crippen molar-refractivity contribution in [2.24, 2.45) is 0 Å². The number of benzene rings is 1. The molecule has 0 bridgehead atoms. The number of carbonyl (C=O) groups excluding carboxylic acids is 1. The quantitative estimate of drug-likeness (QED) is 0.528. The second-order valence-electron chi connectivity index (χ2n) is 6.10. The van der Waals surface area contributed by atoms with Crippen LogP contribution < -0.4 is 5.32 Å². The lowest BCUT2D eigenvalue weighted by Gasteiger charge is -2.08. The van der Waals surface area contributed by atoms with Gasteiger partial charge in [0.15, 0.2) is 5.82 Å². The number of anilines is 1. The van der Waals surface area contributed by atoms with E-state index >= 15 is 0 Å². The highest BCUT2D eigenvalue weighted by Crippen LogP contribution is 2.27. The Labute approximate surface area is 170 Å². The Kier molecular flexibility index (Phi) is 5.52. The van der Waals surface area contributed by atoms with Crippen LogP contribution in [0, 0.1) is 11.3 Å². The molecule has 142 valence electrons. The molecule has 0 saturated heterocycles. The number of hydrogen-bond donors (Lipinski definition) is 1. The second-order valence-corrected chi connectivity index (χ2v) is 6.99. The van der Waals surface area contributed by atoms with E-state index in [1.807, 2.05) is 29.6 Å². The molecule has 1 aromatic carbocycles. The van der Waals surface area contributed by atoms with Crippen molar-refractivity contribution in [3.63, 3.8) is 0 Å². The van der Waals surface area contributed by atoms with Crippen molar-refractivity contribution in [3.8, 4) is 17.6 Å². The predicted octanol–water partition coefficient (Wildman–Crippen LogP) is 3.78. The van der Waals surface area contributed by atoms with E-state index in [1.54, 1.807) is 30.5 Å². The van der Waals surface area contributed by atoms with Gasteiger partial charge in [-0.25, -0.2) is 9.97 Å². The van der Waals surface area contributed by atoms with Gasteiger partial charge in [-0.1, -0.05) is 18.2 Å². The zero-order valence-corrected chi connectivity index (χ0v) is 16.0. The molecule has 0 unspecified atom stereocenters. The molecule has 0 atom stereocenters. The highest BCUT2D eigenvalue weighted by Gasteiger charge is 2.13. The maximum absolute atomic E-state index is 12.4. The van der Waals surface area contributed by atoms with Crippen molar-refractivity contribution in [2.45, 2.75) is 6.61 Å². The molecule has 0 aliphatic rings. The fourth-order valence-electron chi connectivity index (χ4n) is 2.67. The molecular formula is C21H15N5O2S. The van der Waals surface area contributed by atoms with E-state index in [0.29, 0.717) is 22.9 Å². The third kappa shape index (κ3) is 4.43. The summed E-state index contributed by atoms with van der Waals surface area (Å²) < 4.78 is 5.49. The molecule has 1 N–H and O–H groups in total. The molecule has 8 heteroatoms. The topological polar surface area (TPSA) is 101 Å². The molecule has 0 aliphatic carbocycles. The number of rotatable bonds is 6. The molecule has 29 heavy (non-hydrogen) atoms. The summed E-state index contributed by atoms with van der Waals surface area (Å²) in [6.45, 7) is 0.157. The van der Waals surface area contributed by atoms with Crippen LogP contribution in [0.25, 0.3) is 21.7 Å². The highest BCUT2D eigenvalue weighted by molar-refractivity contribution is 7.16. The summed E-state index contributed by atoms with van der Waals surface area (Å²) in [5, 5.41) is 14.3. The lowest BCUT2D eigenvalue weighted by molar-refractivity contribution is -0.121. The Hall–Kier alpha value is -3.67. The minimum atomic E-state index is -0.309. The van der Waals surface area contributed by atoms with E-state index in [-0.39, 0.29) is 19.1 Å². The number of nitrogens with zero attached hydrogens (tertiary/aromatic N) is 4. The van der Waals surface area contributed by atoms with Crippen LogP contribution in [-0.4, -0.2) is 27.5 Å². The molecule has 7 nitrogen and oxygen atoms in total. The number of fused-ring (bicyclic) bond motifs is 1. The van der Waals surface area contributed by atoms with Gasteiger partial charge in [0.1, 0.15) is 22.9 Å². The maximum Gasteiger partial charge on any atom is 0.251 e. The van der Waals surface area contributed by atoms with Crippen LogP contribution in [0.3, 0.4) is 0 Å². The molecule has 3 heterocycles. The van der Waals surface area contributed by atoms with Gasteiger partial charge in [0.25, 0.3) is 5.91 Å². The zero-order chi connectivity index (χ0) is 20.1. The van der Waals surface area contributed by atoms with Gasteiger partial charge < -0.3 is 10.1 Å². The van der Waals surface area contributed by atoms with Gasteiger partial charge in [0.05, 0.1) is 23.6 Å².